The van der Waals surface area contributed by atoms with E-state index in [9.17, 15) is 9.18 Å². The smallest absolute Gasteiger partial charge is 0.147 e. The van der Waals surface area contributed by atoms with Crippen molar-refractivity contribution in [2.75, 3.05) is 5.75 Å². The highest BCUT2D eigenvalue weighted by Crippen LogP contribution is 2.21. The Hall–Kier alpha value is -1.13. The lowest BCUT2D eigenvalue weighted by atomic mass is 10.1. The first-order valence-electron chi connectivity index (χ1n) is 5.78. The molecule has 0 atom stereocenters. The quantitative estimate of drug-likeness (QED) is 0.747. The van der Waals surface area contributed by atoms with Crippen LogP contribution in [0.15, 0.2) is 57.9 Å². The highest BCUT2D eigenvalue weighted by molar-refractivity contribution is 9.10. The van der Waals surface area contributed by atoms with Crippen LogP contribution in [0.1, 0.15) is 5.56 Å². The summed E-state index contributed by atoms with van der Waals surface area (Å²) in [6.07, 6.45) is 0.279. The molecule has 2 aromatic carbocycles. The van der Waals surface area contributed by atoms with E-state index >= 15 is 0 Å². The Morgan fingerprint density at radius 1 is 1.16 bits per heavy atom. The summed E-state index contributed by atoms with van der Waals surface area (Å²) in [5.41, 5.74) is 0.724. The maximum Gasteiger partial charge on any atom is 0.147 e. The van der Waals surface area contributed by atoms with Gasteiger partial charge in [-0.3, -0.25) is 4.79 Å². The molecule has 2 aromatic rings. The molecule has 0 spiro atoms. The molecule has 98 valence electrons. The van der Waals surface area contributed by atoms with E-state index in [2.05, 4.69) is 15.9 Å². The summed E-state index contributed by atoms with van der Waals surface area (Å²) in [6.45, 7) is 0. The van der Waals surface area contributed by atoms with Gasteiger partial charge in [-0.15, -0.1) is 11.8 Å². The van der Waals surface area contributed by atoms with Crippen LogP contribution in [0.5, 0.6) is 0 Å². The number of hydrogen-bond donors (Lipinski definition) is 0. The van der Waals surface area contributed by atoms with E-state index in [1.54, 1.807) is 12.1 Å². The van der Waals surface area contributed by atoms with Gasteiger partial charge in [0.05, 0.1) is 5.75 Å². The van der Waals surface area contributed by atoms with Crippen molar-refractivity contribution >= 4 is 33.5 Å². The number of ketones is 1. The minimum absolute atomic E-state index is 0.0959. The molecule has 0 aliphatic heterocycles. The van der Waals surface area contributed by atoms with Crippen LogP contribution in [0, 0.1) is 5.82 Å². The average Bonchev–Trinajstić information content (AvgIpc) is 2.38. The average molecular weight is 339 g/mol. The highest BCUT2D eigenvalue weighted by atomic mass is 79.9. The summed E-state index contributed by atoms with van der Waals surface area (Å²) in [4.78, 5) is 12.9. The van der Waals surface area contributed by atoms with Crippen LogP contribution in [0.2, 0.25) is 0 Å². The van der Waals surface area contributed by atoms with Gasteiger partial charge in [-0.1, -0.05) is 28.1 Å². The molecule has 19 heavy (non-hydrogen) atoms. The van der Waals surface area contributed by atoms with Crippen molar-refractivity contribution in [3.63, 3.8) is 0 Å². The molecule has 0 amide bonds. The first-order chi connectivity index (χ1) is 9.13. The van der Waals surface area contributed by atoms with E-state index in [0.29, 0.717) is 5.75 Å². The molecule has 0 aliphatic carbocycles. The van der Waals surface area contributed by atoms with Gasteiger partial charge in [0.25, 0.3) is 0 Å². The number of benzene rings is 2. The second-order valence-corrected chi connectivity index (χ2v) is 6.05. The monoisotopic (exact) mass is 338 g/mol. The third kappa shape index (κ3) is 4.80. The maximum absolute atomic E-state index is 13.0. The fourth-order valence-electron chi connectivity index (χ4n) is 1.62. The van der Waals surface area contributed by atoms with Gasteiger partial charge in [-0.05, 0) is 42.0 Å². The number of Topliss-reactive ketones (excluding diaryl/α,β-unsaturated/α-hetero) is 1. The van der Waals surface area contributed by atoms with Crippen LogP contribution in [0.4, 0.5) is 4.39 Å². The van der Waals surface area contributed by atoms with Crippen LogP contribution in [0.25, 0.3) is 0 Å². The van der Waals surface area contributed by atoms with E-state index in [0.717, 1.165) is 14.9 Å². The van der Waals surface area contributed by atoms with Crippen molar-refractivity contribution in [2.45, 2.75) is 11.3 Å². The highest BCUT2D eigenvalue weighted by Gasteiger charge is 2.05. The number of thioether (sulfide) groups is 1. The first-order valence-corrected chi connectivity index (χ1v) is 7.56. The number of rotatable bonds is 5. The van der Waals surface area contributed by atoms with Gasteiger partial charge in [0.1, 0.15) is 11.6 Å². The predicted molar refractivity (Wildman–Crippen MR) is 80.0 cm³/mol. The number of hydrogen-bond acceptors (Lipinski definition) is 2. The Kier molecular flexibility index (Phi) is 5.16. The van der Waals surface area contributed by atoms with Crippen molar-refractivity contribution in [3.05, 3.63) is 64.4 Å². The third-order valence-corrected chi connectivity index (χ3v) is 4.10. The van der Waals surface area contributed by atoms with Gasteiger partial charge in [-0.25, -0.2) is 4.39 Å². The molecule has 0 N–H and O–H groups in total. The molecular weight excluding hydrogens is 327 g/mol. The van der Waals surface area contributed by atoms with E-state index in [1.165, 1.54) is 23.9 Å². The van der Waals surface area contributed by atoms with Crippen molar-refractivity contribution in [2.24, 2.45) is 0 Å². The topological polar surface area (TPSA) is 17.1 Å². The van der Waals surface area contributed by atoms with Crippen molar-refractivity contribution in [1.29, 1.82) is 0 Å². The van der Waals surface area contributed by atoms with E-state index in [-0.39, 0.29) is 18.0 Å². The Morgan fingerprint density at radius 2 is 1.89 bits per heavy atom. The fraction of sp³-hybridized carbons (Fsp3) is 0.133. The Morgan fingerprint density at radius 3 is 2.58 bits per heavy atom. The Balaban J connectivity index is 1.86. The lowest BCUT2D eigenvalue weighted by Crippen LogP contribution is -2.05. The Labute approximate surface area is 124 Å². The zero-order valence-electron chi connectivity index (χ0n) is 10.1. The van der Waals surface area contributed by atoms with Gasteiger partial charge in [0.2, 0.25) is 0 Å². The molecule has 1 nitrogen and oxygen atoms in total. The lowest BCUT2D eigenvalue weighted by Gasteiger charge is -2.02. The van der Waals surface area contributed by atoms with E-state index in [1.807, 2.05) is 24.3 Å². The summed E-state index contributed by atoms with van der Waals surface area (Å²) in [5.74, 6) is 0.197. The van der Waals surface area contributed by atoms with Gasteiger partial charge < -0.3 is 0 Å². The van der Waals surface area contributed by atoms with Crippen LogP contribution < -0.4 is 0 Å². The molecule has 4 heteroatoms. The molecule has 0 saturated heterocycles. The van der Waals surface area contributed by atoms with Crippen LogP contribution in [-0.2, 0) is 11.2 Å². The number of halogens is 2. The van der Waals surface area contributed by atoms with Gasteiger partial charge in [-0.2, -0.15) is 0 Å². The van der Waals surface area contributed by atoms with Gasteiger partial charge in [0.15, 0.2) is 0 Å². The summed E-state index contributed by atoms with van der Waals surface area (Å²) in [6, 6.07) is 14.0. The molecular formula is C15H12BrFOS. The second kappa shape index (κ2) is 6.87. The molecule has 0 saturated carbocycles. The minimum Gasteiger partial charge on any atom is -0.298 e. The first kappa shape index (κ1) is 14.3. The van der Waals surface area contributed by atoms with Crippen molar-refractivity contribution in [1.82, 2.24) is 0 Å². The summed E-state index contributed by atoms with van der Waals surface area (Å²) < 4.78 is 14.0. The molecule has 0 radical (unpaired) electrons. The molecule has 0 fully saturated rings. The largest absolute Gasteiger partial charge is 0.298 e. The van der Waals surface area contributed by atoms with E-state index < -0.39 is 0 Å². The summed E-state index contributed by atoms with van der Waals surface area (Å²) in [5, 5.41) is 0. The van der Waals surface area contributed by atoms with E-state index in [4.69, 9.17) is 0 Å². The zero-order chi connectivity index (χ0) is 13.7. The summed E-state index contributed by atoms with van der Waals surface area (Å²) >= 11 is 4.86. The lowest BCUT2D eigenvalue weighted by molar-refractivity contribution is -0.116. The number of carbonyl (C=O) groups excluding carboxylic acids is 1. The Bertz CT molecular complexity index is 569. The molecule has 0 unspecified atom stereocenters. The van der Waals surface area contributed by atoms with Crippen molar-refractivity contribution < 1.29 is 9.18 Å². The predicted octanol–water partition coefficient (Wildman–Crippen LogP) is 4.49. The van der Waals surface area contributed by atoms with Crippen molar-refractivity contribution in [3.8, 4) is 0 Å². The molecule has 0 heterocycles. The fourth-order valence-corrected chi connectivity index (χ4v) is 2.64. The normalized spacial score (nSPS) is 10.4. The minimum atomic E-state index is -0.300. The molecule has 0 bridgehead atoms. The van der Waals surface area contributed by atoms with Crippen LogP contribution in [0.3, 0.4) is 0 Å². The number of carbonyl (C=O) groups is 1. The summed E-state index contributed by atoms with van der Waals surface area (Å²) in [7, 11) is 0. The second-order valence-electron chi connectivity index (χ2n) is 4.09. The van der Waals surface area contributed by atoms with Gasteiger partial charge in [0, 0.05) is 15.8 Å². The third-order valence-electron chi connectivity index (χ3n) is 2.50. The molecule has 0 aliphatic rings. The standard InChI is InChI=1S/C15H12BrFOS/c16-12-4-6-15(7-5-12)19-10-14(18)9-11-2-1-3-13(17)8-11/h1-8H,9-10H2. The maximum atomic E-state index is 13.0. The SMILES string of the molecule is O=C(CSc1ccc(Br)cc1)Cc1cccc(F)c1. The molecule has 2 rings (SSSR count). The van der Waals surface area contributed by atoms with Crippen LogP contribution in [-0.4, -0.2) is 11.5 Å². The zero-order valence-corrected chi connectivity index (χ0v) is 12.5. The molecule has 0 aromatic heterocycles. The van der Waals surface area contributed by atoms with Gasteiger partial charge >= 0.3 is 0 Å². The van der Waals surface area contributed by atoms with Crippen LogP contribution >= 0.6 is 27.7 Å².